The first kappa shape index (κ1) is 33.4. The molecule has 0 radical (unpaired) electrons. The number of benzene rings is 2. The highest BCUT2D eigenvalue weighted by atomic mass is 16.5. The lowest BCUT2D eigenvalue weighted by molar-refractivity contribution is 0.0547. The van der Waals surface area contributed by atoms with Crippen LogP contribution in [0.1, 0.15) is 24.0 Å². The van der Waals surface area contributed by atoms with E-state index in [0.717, 1.165) is 49.0 Å². The van der Waals surface area contributed by atoms with Crippen LogP contribution in [0.2, 0.25) is 0 Å². The number of hydrogen-bond acceptors (Lipinski definition) is 6. The number of nitrogens with zero attached hydrogens (tertiary/aromatic N) is 6. The molecular weight excluding hydrogens is 582 g/mol. The molecule has 1 saturated heterocycles. The molecule has 0 spiro atoms. The largest absolute Gasteiger partial charge is 0.528 e. The van der Waals surface area contributed by atoms with Gasteiger partial charge in [-0.3, -0.25) is 0 Å². The van der Waals surface area contributed by atoms with Crippen molar-refractivity contribution in [1.82, 2.24) is 4.90 Å². The molecule has 228 valence electrons. The van der Waals surface area contributed by atoms with E-state index in [1.807, 2.05) is 54.6 Å². The van der Waals surface area contributed by atoms with Crippen molar-refractivity contribution in [3.05, 3.63) is 165 Å². The summed E-state index contributed by atoms with van der Waals surface area (Å²) < 4.78 is 5.61. The van der Waals surface area contributed by atoms with Gasteiger partial charge in [0.05, 0.1) is 48.1 Å². The van der Waals surface area contributed by atoms with Gasteiger partial charge >= 0.3 is 5.82 Å². The smallest absolute Gasteiger partial charge is 0.378 e. The Morgan fingerprint density at radius 2 is 1.55 bits per heavy atom. The average molecular weight is 614 g/mol. The first-order valence-corrected chi connectivity index (χ1v) is 15.0. The van der Waals surface area contributed by atoms with Gasteiger partial charge in [0.2, 0.25) is 0 Å². The van der Waals surface area contributed by atoms with Gasteiger partial charge in [-0.1, -0.05) is 85.0 Å². The van der Waals surface area contributed by atoms with Crippen LogP contribution < -0.4 is 0 Å². The fourth-order valence-electron chi connectivity index (χ4n) is 5.57. The highest BCUT2D eigenvalue weighted by Crippen LogP contribution is 2.36. The van der Waals surface area contributed by atoms with Gasteiger partial charge < -0.3 is 15.0 Å². The molecular formula is C39H31N7O. The summed E-state index contributed by atoms with van der Waals surface area (Å²) in [5.74, 6) is -1.02. The van der Waals surface area contributed by atoms with Crippen LogP contribution in [-0.4, -0.2) is 37.4 Å². The predicted molar refractivity (Wildman–Crippen MR) is 182 cm³/mol. The summed E-state index contributed by atoms with van der Waals surface area (Å²) in [5, 5.41) is 37.6. The summed E-state index contributed by atoms with van der Waals surface area (Å²) in [6.45, 7) is 17.7. The van der Waals surface area contributed by atoms with E-state index in [-0.39, 0.29) is 11.4 Å². The minimum atomic E-state index is -0.861. The number of nitriles is 3. The fourth-order valence-corrected chi connectivity index (χ4v) is 5.57. The second-order valence-corrected chi connectivity index (χ2v) is 10.4. The van der Waals surface area contributed by atoms with Gasteiger partial charge in [0, 0.05) is 25.0 Å². The fraction of sp³-hybridized carbons (Fsp3) is 0.179. The molecule has 0 amide bonds. The quantitative estimate of drug-likeness (QED) is 0.127. The monoisotopic (exact) mass is 613 g/mol. The topological polar surface area (TPSA) is 116 Å². The zero-order valence-electron chi connectivity index (χ0n) is 25.7. The third-order valence-electron chi connectivity index (χ3n) is 7.72. The Hall–Kier alpha value is -6.50. The molecule has 2 aliphatic rings. The molecule has 1 fully saturated rings. The van der Waals surface area contributed by atoms with E-state index < -0.39 is 5.92 Å². The lowest BCUT2D eigenvalue weighted by Gasteiger charge is -2.31. The molecule has 0 bridgehead atoms. The highest BCUT2D eigenvalue weighted by molar-refractivity contribution is 5.89. The average Bonchev–Trinajstić information content (AvgIpc) is 3.53. The molecule has 1 atom stereocenters. The van der Waals surface area contributed by atoms with E-state index in [2.05, 4.69) is 32.8 Å². The third-order valence-corrected chi connectivity index (χ3v) is 7.72. The molecule has 2 aromatic rings. The van der Waals surface area contributed by atoms with Crippen molar-refractivity contribution in [2.75, 3.05) is 26.3 Å². The molecule has 1 heterocycles. The molecule has 0 aromatic heterocycles. The van der Waals surface area contributed by atoms with Crippen molar-refractivity contribution in [2.45, 2.75) is 12.8 Å². The van der Waals surface area contributed by atoms with E-state index in [4.69, 9.17) is 23.3 Å². The molecule has 0 saturated carbocycles. The predicted octanol–water partition coefficient (Wildman–Crippen LogP) is 7.83. The van der Waals surface area contributed by atoms with E-state index >= 15 is 0 Å². The Labute approximate surface area is 275 Å². The van der Waals surface area contributed by atoms with Crippen LogP contribution in [0.15, 0.2) is 131 Å². The summed E-state index contributed by atoms with van der Waals surface area (Å²) >= 11 is 0. The van der Waals surface area contributed by atoms with Crippen LogP contribution in [0.4, 0.5) is 0 Å². The van der Waals surface area contributed by atoms with Crippen LogP contribution in [0.3, 0.4) is 0 Å². The Morgan fingerprint density at radius 3 is 2.13 bits per heavy atom. The van der Waals surface area contributed by atoms with Crippen molar-refractivity contribution in [3.8, 4) is 18.2 Å². The van der Waals surface area contributed by atoms with Crippen molar-refractivity contribution < 1.29 is 4.74 Å². The molecule has 8 nitrogen and oxygen atoms in total. The van der Waals surface area contributed by atoms with E-state index in [1.54, 1.807) is 42.5 Å². The van der Waals surface area contributed by atoms with Crippen LogP contribution in [0.25, 0.3) is 20.8 Å². The number of allylic oxidation sites excluding steroid dienone is 12. The van der Waals surface area contributed by atoms with Gasteiger partial charge in [-0.15, -0.1) is 0 Å². The second-order valence-electron chi connectivity index (χ2n) is 10.4. The Kier molecular flexibility index (Phi) is 12.2. The lowest BCUT2D eigenvalue weighted by atomic mass is 9.90. The SMILES string of the molecule is [C-]#[N+]C([N+]#[C-])=C(/C(C#N)=C/C=C/C1=C(N2CCOCC2)C(=C/C=C/C(C#N)=C(\c2ccccc2)C(C#N)C=N)/CC1)c1ccccc1. The first-order valence-electron chi connectivity index (χ1n) is 15.0. The van der Waals surface area contributed by atoms with Gasteiger partial charge in [-0.2, -0.15) is 25.5 Å². The summed E-state index contributed by atoms with van der Waals surface area (Å²) in [7, 11) is 0. The van der Waals surface area contributed by atoms with E-state index in [9.17, 15) is 15.8 Å². The van der Waals surface area contributed by atoms with Crippen LogP contribution >= 0.6 is 0 Å². The zero-order chi connectivity index (χ0) is 33.4. The Balaban J connectivity index is 1.74. The number of ether oxygens (including phenoxy) is 1. The van der Waals surface area contributed by atoms with Crippen LogP contribution in [0, 0.1) is 58.5 Å². The third kappa shape index (κ3) is 8.16. The molecule has 47 heavy (non-hydrogen) atoms. The molecule has 4 rings (SSSR count). The normalized spacial score (nSPS) is 16.9. The summed E-state index contributed by atoms with van der Waals surface area (Å²) in [6.07, 6.45) is 13.5. The van der Waals surface area contributed by atoms with Gasteiger partial charge in [0.1, 0.15) is 19.1 Å². The maximum Gasteiger partial charge on any atom is 0.528 e. The van der Waals surface area contributed by atoms with E-state index in [1.165, 1.54) is 0 Å². The molecule has 1 unspecified atom stereocenters. The summed E-state index contributed by atoms with van der Waals surface area (Å²) in [6, 6.07) is 24.7. The van der Waals surface area contributed by atoms with Crippen molar-refractivity contribution in [1.29, 1.82) is 21.2 Å². The van der Waals surface area contributed by atoms with Crippen LogP contribution in [-0.2, 0) is 4.74 Å². The maximum atomic E-state index is 10.1. The standard InChI is InChI=1S/C39H31N7O/c1-44-39(45-2)37(30-13-7-4-8-14-30)34(26-41)18-10-16-32-20-19-31(38(32)46-21-23-47-24-22-46)15-9-17-33(25-40)36(35(27-42)28-43)29-11-5-3-6-12-29/h3-18,27,35,42H,19-24H2/b16-10+,17-9+,31-15+,34-18+,36-33-,42-27?. The van der Waals surface area contributed by atoms with Crippen LogP contribution in [0.5, 0.6) is 0 Å². The lowest BCUT2D eigenvalue weighted by Crippen LogP contribution is -2.36. The molecule has 1 aliphatic heterocycles. The Morgan fingerprint density at radius 1 is 0.894 bits per heavy atom. The van der Waals surface area contributed by atoms with Crippen molar-refractivity contribution in [2.24, 2.45) is 5.92 Å². The molecule has 1 N–H and O–H groups in total. The number of nitrogens with one attached hydrogen (secondary N) is 1. The van der Waals surface area contributed by atoms with Gasteiger partial charge in [-0.25, -0.2) is 0 Å². The highest BCUT2D eigenvalue weighted by Gasteiger charge is 2.25. The van der Waals surface area contributed by atoms with Gasteiger partial charge in [0.25, 0.3) is 0 Å². The molecule has 1 aliphatic carbocycles. The number of rotatable bonds is 10. The van der Waals surface area contributed by atoms with Crippen molar-refractivity contribution in [3.63, 3.8) is 0 Å². The first-order chi connectivity index (χ1) is 23.1. The second kappa shape index (κ2) is 17.1. The maximum absolute atomic E-state index is 10.1. The van der Waals surface area contributed by atoms with Crippen molar-refractivity contribution >= 4 is 17.4 Å². The van der Waals surface area contributed by atoms with Gasteiger partial charge in [0.15, 0.2) is 0 Å². The Bertz CT molecular complexity index is 1900. The zero-order valence-corrected chi connectivity index (χ0v) is 25.7. The molecule has 2 aromatic carbocycles. The molecule has 8 heteroatoms. The number of hydrogen-bond donors (Lipinski definition) is 1. The number of morpholine rings is 1. The van der Waals surface area contributed by atoms with E-state index in [0.29, 0.717) is 41.1 Å². The summed E-state index contributed by atoms with van der Waals surface area (Å²) in [4.78, 5) is 9.05. The minimum absolute atomic E-state index is 0.161. The van der Waals surface area contributed by atoms with Gasteiger partial charge in [-0.05, 0) is 52.8 Å². The summed E-state index contributed by atoms with van der Waals surface area (Å²) in [5.41, 5.74) is 5.92. The minimum Gasteiger partial charge on any atom is -0.378 e.